The highest BCUT2D eigenvalue weighted by atomic mass is 28.3. The van der Waals surface area contributed by atoms with E-state index in [0.29, 0.717) is 12.6 Å². The summed E-state index contributed by atoms with van der Waals surface area (Å²) in [5.74, 6) is 2.20. The zero-order chi connectivity index (χ0) is 24.0. The molecule has 1 N–H and O–H groups in total. The molecular weight excluding hydrogens is 458 g/mol. The number of ether oxygens (including phenoxy) is 3. The minimum absolute atomic E-state index is 0.205. The average molecular weight is 493 g/mol. The minimum Gasteiger partial charge on any atom is -0.488 e. The normalized spacial score (nSPS) is 18.0. The van der Waals surface area contributed by atoms with Crippen LogP contribution in [0.5, 0.6) is 17.4 Å². The van der Waals surface area contributed by atoms with Crippen molar-refractivity contribution in [1.29, 1.82) is 0 Å². The molecule has 3 aromatic rings. The predicted molar refractivity (Wildman–Crippen MR) is 138 cm³/mol. The maximum atomic E-state index is 6.24. The Labute approximate surface area is 208 Å². The highest BCUT2D eigenvalue weighted by molar-refractivity contribution is 6.55. The van der Waals surface area contributed by atoms with Gasteiger partial charge in [-0.25, -0.2) is 9.67 Å². The summed E-state index contributed by atoms with van der Waals surface area (Å²) >= 11 is 0. The molecule has 1 aromatic carbocycles. The second kappa shape index (κ2) is 11.3. The lowest BCUT2D eigenvalue weighted by Gasteiger charge is -2.29. The second-order valence-corrected chi connectivity index (χ2v) is 12.4. The van der Waals surface area contributed by atoms with Gasteiger partial charge < -0.3 is 19.5 Å². The molecule has 5 rings (SSSR count). The van der Waals surface area contributed by atoms with Gasteiger partial charge in [0.1, 0.15) is 24.3 Å². The number of aromatic nitrogens is 3. The van der Waals surface area contributed by atoms with Crippen LogP contribution in [0.1, 0.15) is 5.56 Å². The van der Waals surface area contributed by atoms with Gasteiger partial charge in [0.05, 0.1) is 5.69 Å². The van der Waals surface area contributed by atoms with Gasteiger partial charge in [0.2, 0.25) is 5.88 Å². The molecule has 185 valence electrons. The summed E-state index contributed by atoms with van der Waals surface area (Å²) in [7, 11) is -0.270. The summed E-state index contributed by atoms with van der Waals surface area (Å²) in [5.41, 5.74) is 3.19. The molecule has 1 fully saturated rings. The van der Waals surface area contributed by atoms with E-state index >= 15 is 0 Å². The first-order valence-electron chi connectivity index (χ1n) is 12.4. The van der Waals surface area contributed by atoms with Crippen LogP contribution >= 0.6 is 0 Å². The summed E-state index contributed by atoms with van der Waals surface area (Å²) in [6, 6.07) is 13.1. The standard InChI is InChI=1S/C26H34N5O3Si/c1-35(2)14-13-32-19-31-24(7-8-29-31)21-4-6-26(28-17-21)34-22-5-3-20-15-23(33-25(20)16-22)18-30-11-9-27-10-12-30/h3-8,16-17,23,27H,9-15,18-19H2,1-2H3. The molecule has 1 saturated heterocycles. The maximum absolute atomic E-state index is 6.24. The first-order chi connectivity index (χ1) is 17.1. The first kappa shape index (κ1) is 24.0. The molecule has 8 nitrogen and oxygen atoms in total. The number of nitrogens with zero attached hydrogens (tertiary/aromatic N) is 4. The SMILES string of the molecule is C[Si](C)CCOCn1nccc1-c1ccc(Oc2ccc3c(c2)OC(CN2CCNCC2)C3)nc1. The fourth-order valence-corrected chi connectivity index (χ4v) is 5.00. The van der Waals surface area contributed by atoms with Crippen LogP contribution in [-0.4, -0.2) is 73.9 Å². The molecule has 0 bridgehead atoms. The van der Waals surface area contributed by atoms with Crippen LogP contribution in [-0.2, 0) is 17.9 Å². The highest BCUT2D eigenvalue weighted by Crippen LogP contribution is 2.34. The van der Waals surface area contributed by atoms with E-state index in [-0.39, 0.29) is 14.9 Å². The van der Waals surface area contributed by atoms with E-state index in [1.165, 1.54) is 5.56 Å². The van der Waals surface area contributed by atoms with Crippen LogP contribution < -0.4 is 14.8 Å². The summed E-state index contributed by atoms with van der Waals surface area (Å²) < 4.78 is 19.9. The van der Waals surface area contributed by atoms with Gasteiger partial charge in [-0.15, -0.1) is 0 Å². The van der Waals surface area contributed by atoms with Crippen molar-refractivity contribution in [3.05, 3.63) is 54.4 Å². The number of hydrogen-bond donors (Lipinski definition) is 1. The van der Waals surface area contributed by atoms with Crippen LogP contribution in [0.2, 0.25) is 19.1 Å². The summed E-state index contributed by atoms with van der Waals surface area (Å²) in [6.45, 7) is 11.0. The van der Waals surface area contributed by atoms with E-state index in [4.69, 9.17) is 14.2 Å². The second-order valence-electron chi connectivity index (χ2n) is 9.46. The van der Waals surface area contributed by atoms with Gasteiger partial charge >= 0.3 is 0 Å². The lowest BCUT2D eigenvalue weighted by atomic mass is 10.1. The van der Waals surface area contributed by atoms with Gasteiger partial charge in [-0.3, -0.25) is 4.90 Å². The van der Waals surface area contributed by atoms with Crippen LogP contribution in [0.15, 0.2) is 48.8 Å². The molecule has 2 aromatic heterocycles. The first-order valence-corrected chi connectivity index (χ1v) is 15.1. The smallest absolute Gasteiger partial charge is 0.219 e. The van der Waals surface area contributed by atoms with Crippen molar-refractivity contribution in [3.8, 4) is 28.6 Å². The number of hydrogen-bond acceptors (Lipinski definition) is 7. The molecule has 0 saturated carbocycles. The van der Waals surface area contributed by atoms with Crippen molar-refractivity contribution in [2.45, 2.75) is 38.4 Å². The fraction of sp³-hybridized carbons (Fsp3) is 0.462. The van der Waals surface area contributed by atoms with Crippen molar-refractivity contribution in [2.75, 3.05) is 39.3 Å². The van der Waals surface area contributed by atoms with E-state index in [2.05, 4.69) is 39.5 Å². The highest BCUT2D eigenvalue weighted by Gasteiger charge is 2.26. The number of nitrogens with one attached hydrogen (secondary N) is 1. The van der Waals surface area contributed by atoms with Gasteiger partial charge in [-0.05, 0) is 29.8 Å². The van der Waals surface area contributed by atoms with Crippen molar-refractivity contribution < 1.29 is 14.2 Å². The Morgan fingerprint density at radius 2 is 2.03 bits per heavy atom. The van der Waals surface area contributed by atoms with Gasteiger partial charge in [0, 0.05) is 84.6 Å². The molecular formula is C26H34N5O3Si. The van der Waals surface area contributed by atoms with E-state index in [1.807, 2.05) is 41.2 Å². The Morgan fingerprint density at radius 1 is 1.14 bits per heavy atom. The van der Waals surface area contributed by atoms with Gasteiger partial charge in [-0.2, -0.15) is 5.10 Å². The van der Waals surface area contributed by atoms with Crippen molar-refractivity contribution in [2.24, 2.45) is 0 Å². The Morgan fingerprint density at radius 3 is 2.83 bits per heavy atom. The Bertz CT molecular complexity index is 1100. The summed E-state index contributed by atoms with van der Waals surface area (Å²) in [6.07, 6.45) is 4.76. The van der Waals surface area contributed by atoms with Crippen molar-refractivity contribution >= 4 is 8.80 Å². The quantitative estimate of drug-likeness (QED) is 0.342. The zero-order valence-corrected chi connectivity index (χ0v) is 21.6. The van der Waals surface area contributed by atoms with Crippen molar-refractivity contribution in [3.63, 3.8) is 0 Å². The molecule has 35 heavy (non-hydrogen) atoms. The molecule has 0 aliphatic carbocycles. The number of piperazine rings is 1. The van der Waals surface area contributed by atoms with Crippen LogP contribution in [0, 0.1) is 0 Å². The van der Waals surface area contributed by atoms with E-state index in [9.17, 15) is 0 Å². The third-order valence-electron chi connectivity index (χ3n) is 6.38. The monoisotopic (exact) mass is 492 g/mol. The Hall–Kier alpha value is -2.72. The van der Waals surface area contributed by atoms with Crippen molar-refractivity contribution in [1.82, 2.24) is 25.0 Å². The van der Waals surface area contributed by atoms with Gasteiger partial charge in [-0.1, -0.05) is 19.2 Å². The average Bonchev–Trinajstić information content (AvgIpc) is 3.49. The van der Waals surface area contributed by atoms with E-state index in [1.54, 1.807) is 6.20 Å². The van der Waals surface area contributed by atoms with Gasteiger partial charge in [0.25, 0.3) is 0 Å². The molecule has 1 radical (unpaired) electrons. The molecule has 9 heteroatoms. The van der Waals surface area contributed by atoms with Crippen LogP contribution in [0.3, 0.4) is 0 Å². The Balaban J connectivity index is 1.17. The van der Waals surface area contributed by atoms with Gasteiger partial charge in [0.15, 0.2) is 0 Å². The van der Waals surface area contributed by atoms with Crippen LogP contribution in [0.25, 0.3) is 11.3 Å². The van der Waals surface area contributed by atoms with Crippen LogP contribution in [0.4, 0.5) is 0 Å². The number of rotatable bonds is 10. The third kappa shape index (κ3) is 6.29. The summed E-state index contributed by atoms with van der Waals surface area (Å²) in [5, 5.41) is 7.80. The van der Waals surface area contributed by atoms with E-state index < -0.39 is 0 Å². The Kier molecular flexibility index (Phi) is 7.78. The predicted octanol–water partition coefficient (Wildman–Crippen LogP) is 3.67. The largest absolute Gasteiger partial charge is 0.488 e. The number of pyridine rings is 1. The number of benzene rings is 1. The third-order valence-corrected chi connectivity index (χ3v) is 7.59. The summed E-state index contributed by atoms with van der Waals surface area (Å²) in [4.78, 5) is 7.00. The van der Waals surface area contributed by atoms with E-state index in [0.717, 1.165) is 74.6 Å². The molecule has 0 amide bonds. The number of fused-ring (bicyclic) bond motifs is 1. The molecule has 1 atom stereocenters. The maximum Gasteiger partial charge on any atom is 0.219 e. The zero-order valence-electron chi connectivity index (χ0n) is 20.6. The molecule has 4 heterocycles. The molecule has 2 aliphatic rings. The molecule has 0 spiro atoms. The minimum atomic E-state index is -0.270. The lowest BCUT2D eigenvalue weighted by Crippen LogP contribution is -2.47. The molecule has 1 unspecified atom stereocenters. The lowest BCUT2D eigenvalue weighted by molar-refractivity contribution is 0.0801. The topological polar surface area (TPSA) is 73.7 Å². The molecule has 2 aliphatic heterocycles. The fourth-order valence-electron chi connectivity index (χ4n) is 4.45.